The second-order valence-electron chi connectivity index (χ2n) is 3.10. The molecule has 0 aliphatic carbocycles. The van der Waals surface area contributed by atoms with E-state index in [0.717, 1.165) is 6.42 Å². The van der Waals surface area contributed by atoms with Crippen molar-refractivity contribution in [2.24, 2.45) is 5.73 Å². The van der Waals surface area contributed by atoms with Crippen molar-refractivity contribution >= 4 is 0 Å². The van der Waals surface area contributed by atoms with E-state index in [1.807, 2.05) is 0 Å². The van der Waals surface area contributed by atoms with Gasteiger partial charge in [-0.1, -0.05) is 0 Å². The van der Waals surface area contributed by atoms with Gasteiger partial charge in [-0.05, 0) is 13.3 Å². The summed E-state index contributed by atoms with van der Waals surface area (Å²) in [6.07, 6.45) is 0.844. The van der Waals surface area contributed by atoms with Gasteiger partial charge in [-0.25, -0.2) is 0 Å². The van der Waals surface area contributed by atoms with Gasteiger partial charge >= 0.3 is 0 Å². The lowest BCUT2D eigenvalue weighted by molar-refractivity contribution is -0.0306. The molecule has 12 heavy (non-hydrogen) atoms. The molecule has 1 unspecified atom stereocenters. The smallest absolute Gasteiger partial charge is 0.0973 e. The average molecular weight is 177 g/mol. The summed E-state index contributed by atoms with van der Waals surface area (Å²) in [6, 6.07) is 0. The Kier molecular flexibility index (Phi) is 6.28. The third-order valence-electron chi connectivity index (χ3n) is 1.49. The number of ether oxygens (including phenoxy) is 2. The summed E-state index contributed by atoms with van der Waals surface area (Å²) in [5, 5.41) is 9.40. The summed E-state index contributed by atoms with van der Waals surface area (Å²) in [7, 11) is 1.65. The fraction of sp³-hybridized carbons (Fsp3) is 1.00. The van der Waals surface area contributed by atoms with Gasteiger partial charge in [-0.15, -0.1) is 0 Å². The zero-order valence-electron chi connectivity index (χ0n) is 7.88. The highest BCUT2D eigenvalue weighted by Gasteiger charge is 2.17. The fourth-order valence-corrected chi connectivity index (χ4v) is 0.656. The van der Waals surface area contributed by atoms with Crippen molar-refractivity contribution < 1.29 is 14.6 Å². The van der Waals surface area contributed by atoms with Crippen molar-refractivity contribution in [3.63, 3.8) is 0 Å². The first kappa shape index (κ1) is 11.8. The zero-order chi connectivity index (χ0) is 9.45. The molecule has 74 valence electrons. The molecular weight excluding hydrogens is 158 g/mol. The number of methoxy groups -OCH3 is 1. The lowest BCUT2D eigenvalue weighted by atomic mass is 10.1. The molecule has 0 amide bonds. The van der Waals surface area contributed by atoms with Crippen LogP contribution in [0.1, 0.15) is 13.3 Å². The van der Waals surface area contributed by atoms with Gasteiger partial charge in [-0.3, -0.25) is 0 Å². The molecule has 0 spiro atoms. The van der Waals surface area contributed by atoms with Gasteiger partial charge in [0, 0.05) is 26.9 Å². The van der Waals surface area contributed by atoms with Crippen LogP contribution in [0.25, 0.3) is 0 Å². The zero-order valence-corrected chi connectivity index (χ0v) is 7.88. The van der Waals surface area contributed by atoms with Crippen molar-refractivity contribution in [1.82, 2.24) is 0 Å². The van der Waals surface area contributed by atoms with Gasteiger partial charge in [0.05, 0.1) is 12.2 Å². The molecule has 0 heterocycles. The van der Waals surface area contributed by atoms with Crippen LogP contribution in [0.5, 0.6) is 0 Å². The minimum atomic E-state index is -0.896. The summed E-state index contributed by atoms with van der Waals surface area (Å²) >= 11 is 0. The fourth-order valence-electron chi connectivity index (χ4n) is 0.656. The quantitative estimate of drug-likeness (QED) is 0.526. The topological polar surface area (TPSA) is 64.7 Å². The van der Waals surface area contributed by atoms with Crippen molar-refractivity contribution in [2.75, 3.05) is 33.5 Å². The monoisotopic (exact) mass is 177 g/mol. The minimum absolute atomic E-state index is 0.220. The molecule has 3 N–H and O–H groups in total. The maximum atomic E-state index is 9.40. The summed E-state index contributed by atoms with van der Waals surface area (Å²) in [5.74, 6) is 0. The lowest BCUT2D eigenvalue weighted by Crippen LogP contribution is -2.39. The number of nitrogens with two attached hydrogens (primary N) is 1. The van der Waals surface area contributed by atoms with E-state index in [9.17, 15) is 5.11 Å². The molecule has 0 rings (SSSR count). The Bertz CT molecular complexity index is 106. The number of rotatable bonds is 7. The van der Waals surface area contributed by atoms with Crippen molar-refractivity contribution in [3.05, 3.63) is 0 Å². The predicted molar refractivity (Wildman–Crippen MR) is 47.0 cm³/mol. The van der Waals surface area contributed by atoms with Gasteiger partial charge < -0.3 is 20.3 Å². The largest absolute Gasteiger partial charge is 0.386 e. The number of hydrogen-bond acceptors (Lipinski definition) is 4. The molecule has 1 atom stereocenters. The molecule has 0 bridgehead atoms. The van der Waals surface area contributed by atoms with Crippen LogP contribution in [-0.2, 0) is 9.47 Å². The van der Waals surface area contributed by atoms with Crippen molar-refractivity contribution in [3.8, 4) is 0 Å². The lowest BCUT2D eigenvalue weighted by Gasteiger charge is -2.20. The molecule has 4 heteroatoms. The number of aliphatic hydroxyl groups is 1. The summed E-state index contributed by atoms with van der Waals surface area (Å²) < 4.78 is 10.0. The van der Waals surface area contributed by atoms with Crippen molar-refractivity contribution in [2.45, 2.75) is 18.9 Å². The molecular formula is C8H19NO3. The normalized spacial score (nSPS) is 16.0. The Hall–Kier alpha value is -0.160. The van der Waals surface area contributed by atoms with Gasteiger partial charge in [0.15, 0.2) is 0 Å². The second kappa shape index (κ2) is 6.37. The predicted octanol–water partition coefficient (Wildman–Crippen LogP) is -0.251. The SMILES string of the molecule is COCCCOCC(C)(O)CN. The second-order valence-corrected chi connectivity index (χ2v) is 3.10. The van der Waals surface area contributed by atoms with Crippen LogP contribution in [0.4, 0.5) is 0 Å². The number of hydrogen-bond donors (Lipinski definition) is 2. The average Bonchev–Trinajstić information content (AvgIpc) is 2.04. The van der Waals surface area contributed by atoms with E-state index in [0.29, 0.717) is 13.2 Å². The molecule has 0 aliphatic rings. The summed E-state index contributed by atoms with van der Waals surface area (Å²) in [4.78, 5) is 0. The third-order valence-corrected chi connectivity index (χ3v) is 1.49. The third kappa shape index (κ3) is 6.54. The van der Waals surface area contributed by atoms with Crippen LogP contribution in [0.2, 0.25) is 0 Å². The standard InChI is InChI=1S/C8H19NO3/c1-8(10,6-9)7-12-5-3-4-11-2/h10H,3-7,9H2,1-2H3. The highest BCUT2D eigenvalue weighted by atomic mass is 16.5. The molecule has 0 aromatic carbocycles. The van der Waals surface area contributed by atoms with E-state index in [1.54, 1.807) is 14.0 Å². The Morgan fingerprint density at radius 1 is 1.42 bits per heavy atom. The Labute approximate surface area is 73.7 Å². The maximum absolute atomic E-state index is 9.40. The maximum Gasteiger partial charge on any atom is 0.0973 e. The first-order valence-corrected chi connectivity index (χ1v) is 4.11. The van der Waals surface area contributed by atoms with Gasteiger partial charge in [-0.2, -0.15) is 0 Å². The van der Waals surface area contributed by atoms with E-state index < -0.39 is 5.60 Å². The molecule has 0 saturated carbocycles. The van der Waals surface area contributed by atoms with E-state index >= 15 is 0 Å². The van der Waals surface area contributed by atoms with E-state index in [2.05, 4.69) is 0 Å². The van der Waals surface area contributed by atoms with Crippen LogP contribution in [0.15, 0.2) is 0 Å². The molecule has 4 nitrogen and oxygen atoms in total. The van der Waals surface area contributed by atoms with Crippen LogP contribution >= 0.6 is 0 Å². The minimum Gasteiger partial charge on any atom is -0.386 e. The first-order valence-electron chi connectivity index (χ1n) is 4.11. The molecule has 0 saturated heterocycles. The Morgan fingerprint density at radius 3 is 2.58 bits per heavy atom. The molecule has 0 aliphatic heterocycles. The van der Waals surface area contributed by atoms with E-state index in [4.69, 9.17) is 15.2 Å². The Morgan fingerprint density at radius 2 is 2.08 bits per heavy atom. The first-order chi connectivity index (χ1) is 5.62. The van der Waals surface area contributed by atoms with Gasteiger partial charge in [0.2, 0.25) is 0 Å². The van der Waals surface area contributed by atoms with Crippen LogP contribution in [-0.4, -0.2) is 44.2 Å². The van der Waals surface area contributed by atoms with Crippen LogP contribution in [0, 0.1) is 0 Å². The summed E-state index contributed by atoms with van der Waals surface area (Å²) in [6.45, 7) is 3.45. The summed E-state index contributed by atoms with van der Waals surface area (Å²) in [5.41, 5.74) is 4.40. The highest BCUT2D eigenvalue weighted by Crippen LogP contribution is 2.00. The Balaban J connectivity index is 3.19. The van der Waals surface area contributed by atoms with Crippen LogP contribution in [0.3, 0.4) is 0 Å². The molecule has 0 fully saturated rings. The molecule has 0 aromatic rings. The van der Waals surface area contributed by atoms with E-state index in [-0.39, 0.29) is 13.2 Å². The van der Waals surface area contributed by atoms with Crippen LogP contribution < -0.4 is 5.73 Å². The van der Waals surface area contributed by atoms with Gasteiger partial charge in [0.1, 0.15) is 0 Å². The molecule has 0 aromatic heterocycles. The molecule has 0 radical (unpaired) electrons. The highest BCUT2D eigenvalue weighted by molar-refractivity contribution is 4.71. The van der Waals surface area contributed by atoms with E-state index in [1.165, 1.54) is 0 Å². The van der Waals surface area contributed by atoms with Gasteiger partial charge in [0.25, 0.3) is 0 Å². The van der Waals surface area contributed by atoms with Crippen molar-refractivity contribution in [1.29, 1.82) is 0 Å².